The average Bonchev–Trinajstić information content (AvgIpc) is 2.65. The Balaban J connectivity index is 2.49. The number of aromatic nitrogens is 4. The molecule has 0 saturated carbocycles. The van der Waals surface area contributed by atoms with Gasteiger partial charge < -0.3 is 10.1 Å². The van der Waals surface area contributed by atoms with Crippen molar-refractivity contribution in [3.8, 4) is 0 Å². The van der Waals surface area contributed by atoms with Gasteiger partial charge in [0.2, 0.25) is 0 Å². The van der Waals surface area contributed by atoms with Crippen LogP contribution >= 0.6 is 11.8 Å². The maximum Gasteiger partial charge on any atom is 0.410 e. The summed E-state index contributed by atoms with van der Waals surface area (Å²) in [6.45, 7) is 1.97. The van der Waals surface area contributed by atoms with Crippen LogP contribution in [0.5, 0.6) is 0 Å². The van der Waals surface area contributed by atoms with Crippen molar-refractivity contribution in [2.24, 2.45) is 0 Å². The van der Waals surface area contributed by atoms with Crippen molar-refractivity contribution in [2.45, 2.75) is 12.1 Å². The number of H-pyrrole nitrogens is 1. The van der Waals surface area contributed by atoms with Crippen LogP contribution in [0, 0.1) is 0 Å². The molecule has 0 aliphatic carbocycles. The first-order valence-electron chi connectivity index (χ1n) is 4.54. The van der Waals surface area contributed by atoms with Gasteiger partial charge in [0, 0.05) is 0 Å². The lowest BCUT2D eigenvalue weighted by atomic mass is 10.5. The van der Waals surface area contributed by atoms with Gasteiger partial charge in [-0.1, -0.05) is 18.7 Å². The Hall–Kier alpha value is -1.83. The van der Waals surface area contributed by atoms with Crippen molar-refractivity contribution in [3.63, 3.8) is 0 Å². The van der Waals surface area contributed by atoms with Crippen LogP contribution in [-0.4, -0.2) is 36.9 Å². The summed E-state index contributed by atoms with van der Waals surface area (Å²) in [4.78, 5) is 25.6. The molecule has 2 heterocycles. The summed E-state index contributed by atoms with van der Waals surface area (Å²) in [5.74, 6) is 1.04. The summed E-state index contributed by atoms with van der Waals surface area (Å²) in [7, 11) is 0. The van der Waals surface area contributed by atoms with E-state index < -0.39 is 6.09 Å². The zero-order valence-corrected chi connectivity index (χ0v) is 9.21. The fourth-order valence-electron chi connectivity index (χ4n) is 1.20. The highest BCUT2D eigenvalue weighted by atomic mass is 32.2. The smallest absolute Gasteiger partial charge is 0.410 e. The van der Waals surface area contributed by atoms with E-state index in [4.69, 9.17) is 5.11 Å². The van der Waals surface area contributed by atoms with Crippen molar-refractivity contribution in [2.75, 3.05) is 11.1 Å². The monoisotopic (exact) mass is 239 g/mol. The van der Waals surface area contributed by atoms with Gasteiger partial charge in [-0.05, 0) is 5.75 Å². The second-order valence-electron chi connectivity index (χ2n) is 2.82. The number of thioether (sulfide) groups is 1. The highest BCUT2D eigenvalue weighted by Crippen LogP contribution is 2.21. The number of nitrogens with zero attached hydrogens (tertiary/aromatic N) is 3. The molecule has 0 unspecified atom stereocenters. The lowest BCUT2D eigenvalue weighted by Gasteiger charge is -2.03. The molecule has 0 aliphatic heterocycles. The van der Waals surface area contributed by atoms with Gasteiger partial charge in [-0.25, -0.2) is 19.7 Å². The Morgan fingerprint density at radius 3 is 3.12 bits per heavy atom. The molecule has 0 bridgehead atoms. The predicted molar refractivity (Wildman–Crippen MR) is 59.7 cm³/mol. The minimum atomic E-state index is -1.16. The second kappa shape index (κ2) is 4.35. The molecule has 0 saturated heterocycles. The zero-order valence-electron chi connectivity index (χ0n) is 8.39. The number of carbonyl (C=O) groups is 1. The van der Waals surface area contributed by atoms with Crippen LogP contribution in [-0.2, 0) is 0 Å². The van der Waals surface area contributed by atoms with Gasteiger partial charge in [-0.2, -0.15) is 0 Å². The first kappa shape index (κ1) is 10.7. The number of imidazole rings is 1. The Bertz CT molecular complexity index is 526. The van der Waals surface area contributed by atoms with Crippen LogP contribution in [0.15, 0.2) is 11.5 Å². The maximum atomic E-state index is 10.6. The van der Waals surface area contributed by atoms with Gasteiger partial charge >= 0.3 is 6.09 Å². The number of fused-ring (bicyclic) bond motifs is 1. The van der Waals surface area contributed by atoms with Crippen LogP contribution < -0.4 is 5.32 Å². The fourth-order valence-corrected chi connectivity index (χ4v) is 1.76. The summed E-state index contributed by atoms with van der Waals surface area (Å²) in [6, 6.07) is 0. The minimum Gasteiger partial charge on any atom is -0.465 e. The third-order valence-corrected chi connectivity index (χ3v) is 2.49. The largest absolute Gasteiger partial charge is 0.465 e. The molecule has 7 nitrogen and oxygen atoms in total. The number of anilines is 1. The maximum absolute atomic E-state index is 10.6. The van der Waals surface area contributed by atoms with E-state index in [1.54, 1.807) is 0 Å². The third-order valence-electron chi connectivity index (χ3n) is 1.76. The number of hydrogen-bond acceptors (Lipinski definition) is 5. The molecular weight excluding hydrogens is 230 g/mol. The molecule has 8 heteroatoms. The van der Waals surface area contributed by atoms with Crippen molar-refractivity contribution in [3.05, 3.63) is 6.33 Å². The molecule has 0 radical (unpaired) electrons. The summed E-state index contributed by atoms with van der Waals surface area (Å²) >= 11 is 1.43. The van der Waals surface area contributed by atoms with E-state index in [0.717, 1.165) is 5.75 Å². The second-order valence-corrected chi connectivity index (χ2v) is 4.05. The molecule has 2 aromatic rings. The standard InChI is InChI=1S/C8H9N5O2S/c1-2-16-7-11-5-4(9-3-10-5)6(12-7)13-8(14)15/h3H,2H2,1H3,(H,14,15)(H2,9,10,11,12,13). The van der Waals surface area contributed by atoms with Crippen molar-refractivity contribution < 1.29 is 9.90 Å². The molecule has 0 atom stereocenters. The molecule has 2 rings (SSSR count). The molecule has 0 spiro atoms. The van der Waals surface area contributed by atoms with Gasteiger partial charge in [-0.3, -0.25) is 5.32 Å². The average molecular weight is 239 g/mol. The van der Waals surface area contributed by atoms with E-state index in [-0.39, 0.29) is 5.82 Å². The SMILES string of the molecule is CCSc1nc(NC(=O)O)c2[nH]cnc2n1. The number of hydrogen-bond donors (Lipinski definition) is 3. The number of amides is 1. The molecule has 0 aliphatic rings. The first-order valence-corrected chi connectivity index (χ1v) is 5.53. The van der Waals surface area contributed by atoms with E-state index in [9.17, 15) is 4.79 Å². The summed E-state index contributed by atoms with van der Waals surface area (Å²) in [6.07, 6.45) is 0.286. The Labute approximate surface area is 94.7 Å². The van der Waals surface area contributed by atoms with Crippen LogP contribution in [0.1, 0.15) is 6.92 Å². The molecule has 2 aromatic heterocycles. The molecule has 0 fully saturated rings. The zero-order chi connectivity index (χ0) is 11.5. The molecule has 0 aromatic carbocycles. The number of rotatable bonds is 3. The molecule has 3 N–H and O–H groups in total. The van der Waals surface area contributed by atoms with E-state index in [1.807, 2.05) is 6.92 Å². The van der Waals surface area contributed by atoms with Gasteiger partial charge in [0.25, 0.3) is 0 Å². The molecule has 1 amide bonds. The third kappa shape index (κ3) is 2.06. The van der Waals surface area contributed by atoms with Crippen LogP contribution in [0.4, 0.5) is 10.6 Å². The van der Waals surface area contributed by atoms with E-state index >= 15 is 0 Å². The van der Waals surface area contributed by atoms with Crippen molar-refractivity contribution in [1.29, 1.82) is 0 Å². The van der Waals surface area contributed by atoms with Crippen LogP contribution in [0.25, 0.3) is 11.2 Å². The van der Waals surface area contributed by atoms with Gasteiger partial charge in [0.1, 0.15) is 5.52 Å². The van der Waals surface area contributed by atoms with Crippen molar-refractivity contribution >= 4 is 34.8 Å². The Kier molecular flexibility index (Phi) is 2.91. The van der Waals surface area contributed by atoms with E-state index in [0.29, 0.717) is 16.3 Å². The highest BCUT2D eigenvalue weighted by Gasteiger charge is 2.11. The van der Waals surface area contributed by atoms with Gasteiger partial charge in [0.05, 0.1) is 6.33 Å². The summed E-state index contributed by atoms with van der Waals surface area (Å²) in [5.41, 5.74) is 0.942. The minimum absolute atomic E-state index is 0.228. The first-order chi connectivity index (χ1) is 7.70. The van der Waals surface area contributed by atoms with Gasteiger partial charge in [-0.15, -0.1) is 0 Å². The normalized spacial score (nSPS) is 10.6. The molecule has 84 valence electrons. The molecular formula is C8H9N5O2S. The number of aromatic amines is 1. The quantitative estimate of drug-likeness (QED) is 0.554. The van der Waals surface area contributed by atoms with Gasteiger partial charge in [0.15, 0.2) is 16.6 Å². The van der Waals surface area contributed by atoms with Crippen molar-refractivity contribution in [1.82, 2.24) is 19.9 Å². The summed E-state index contributed by atoms with van der Waals surface area (Å²) < 4.78 is 0. The number of nitrogens with one attached hydrogen (secondary N) is 2. The summed E-state index contributed by atoms with van der Waals surface area (Å²) in [5, 5.41) is 11.4. The highest BCUT2D eigenvalue weighted by molar-refractivity contribution is 7.99. The fraction of sp³-hybridized carbons (Fsp3) is 0.250. The lowest BCUT2D eigenvalue weighted by Crippen LogP contribution is -2.10. The topological polar surface area (TPSA) is 104 Å². The Morgan fingerprint density at radius 1 is 1.62 bits per heavy atom. The Morgan fingerprint density at radius 2 is 2.44 bits per heavy atom. The lowest BCUT2D eigenvalue weighted by molar-refractivity contribution is 0.209. The van der Waals surface area contributed by atoms with Crippen LogP contribution in [0.3, 0.4) is 0 Å². The van der Waals surface area contributed by atoms with E-state index in [2.05, 4.69) is 25.3 Å². The van der Waals surface area contributed by atoms with E-state index in [1.165, 1.54) is 18.1 Å². The number of carboxylic acid groups (broad SMARTS) is 1. The molecule has 16 heavy (non-hydrogen) atoms. The van der Waals surface area contributed by atoms with Crippen LogP contribution in [0.2, 0.25) is 0 Å². The predicted octanol–water partition coefficient (Wildman–Crippen LogP) is 1.55.